The van der Waals surface area contributed by atoms with Crippen LogP contribution in [-0.4, -0.2) is 35.1 Å². The first-order valence-corrected chi connectivity index (χ1v) is 5.08. The number of aliphatic carboxylic acids is 1. The van der Waals surface area contributed by atoms with E-state index >= 15 is 0 Å². The Hall–Kier alpha value is -0.570. The predicted octanol–water partition coefficient (Wildman–Crippen LogP) is 1.58. The second kappa shape index (κ2) is 4.61. The Labute approximate surface area is 79.7 Å². The predicted molar refractivity (Wildman–Crippen MR) is 51.7 cm³/mol. The third kappa shape index (κ3) is 2.99. The summed E-state index contributed by atoms with van der Waals surface area (Å²) in [6, 6.07) is 0.565. The van der Waals surface area contributed by atoms with Crippen molar-refractivity contribution in [3.63, 3.8) is 0 Å². The van der Waals surface area contributed by atoms with Gasteiger partial charge in [0.15, 0.2) is 0 Å². The van der Waals surface area contributed by atoms with E-state index in [1.54, 1.807) is 6.92 Å². The molecule has 0 saturated carbocycles. The lowest BCUT2D eigenvalue weighted by Gasteiger charge is -2.34. The third-order valence-corrected chi connectivity index (χ3v) is 2.87. The molecule has 0 aromatic heterocycles. The molecule has 1 fully saturated rings. The molecule has 13 heavy (non-hydrogen) atoms. The summed E-state index contributed by atoms with van der Waals surface area (Å²) in [6.07, 6.45) is 3.72. The molecule has 0 bridgehead atoms. The lowest BCUT2D eigenvalue weighted by Crippen LogP contribution is -2.41. The van der Waals surface area contributed by atoms with Crippen molar-refractivity contribution in [1.82, 2.24) is 4.90 Å². The van der Waals surface area contributed by atoms with Crippen molar-refractivity contribution in [3.05, 3.63) is 0 Å². The van der Waals surface area contributed by atoms with Gasteiger partial charge in [-0.15, -0.1) is 0 Å². The summed E-state index contributed by atoms with van der Waals surface area (Å²) in [6.45, 7) is 5.74. The highest BCUT2D eigenvalue weighted by Gasteiger charge is 2.22. The fraction of sp³-hybridized carbons (Fsp3) is 0.900. The van der Waals surface area contributed by atoms with Gasteiger partial charge in [-0.2, -0.15) is 0 Å². The molecule has 0 amide bonds. The summed E-state index contributed by atoms with van der Waals surface area (Å²) in [5.74, 6) is -0.918. The average molecular weight is 185 g/mol. The lowest BCUT2D eigenvalue weighted by atomic mass is 10.0. The Bertz CT molecular complexity index is 182. The zero-order chi connectivity index (χ0) is 9.84. The molecule has 0 aromatic rings. The van der Waals surface area contributed by atoms with Crippen LogP contribution in [0.4, 0.5) is 0 Å². The summed E-state index contributed by atoms with van der Waals surface area (Å²) in [7, 11) is 0. The van der Waals surface area contributed by atoms with Crippen LogP contribution in [0, 0.1) is 5.92 Å². The van der Waals surface area contributed by atoms with Gasteiger partial charge in [0.2, 0.25) is 0 Å². The number of rotatable bonds is 3. The van der Waals surface area contributed by atoms with E-state index in [0.29, 0.717) is 12.6 Å². The van der Waals surface area contributed by atoms with Gasteiger partial charge in [0.05, 0.1) is 5.92 Å². The molecule has 1 N–H and O–H groups in total. The highest BCUT2D eigenvalue weighted by atomic mass is 16.4. The Kier molecular flexibility index (Phi) is 3.72. The Morgan fingerprint density at radius 2 is 2.31 bits per heavy atom. The maximum absolute atomic E-state index is 10.7. The van der Waals surface area contributed by atoms with Gasteiger partial charge in [-0.25, -0.2) is 0 Å². The average Bonchev–Trinajstić information content (AvgIpc) is 2.08. The Balaban J connectivity index is 2.37. The topological polar surface area (TPSA) is 40.5 Å². The van der Waals surface area contributed by atoms with Crippen LogP contribution in [0.2, 0.25) is 0 Å². The van der Waals surface area contributed by atoms with Gasteiger partial charge < -0.3 is 5.11 Å². The summed E-state index contributed by atoms with van der Waals surface area (Å²) < 4.78 is 0. The smallest absolute Gasteiger partial charge is 0.307 e. The maximum atomic E-state index is 10.7. The van der Waals surface area contributed by atoms with E-state index in [1.165, 1.54) is 19.3 Å². The molecular formula is C10H19NO2. The first kappa shape index (κ1) is 10.5. The van der Waals surface area contributed by atoms with Gasteiger partial charge in [0, 0.05) is 12.6 Å². The molecular weight excluding hydrogens is 166 g/mol. The van der Waals surface area contributed by atoms with E-state index in [4.69, 9.17) is 5.11 Å². The molecule has 0 unspecified atom stereocenters. The van der Waals surface area contributed by atoms with E-state index in [2.05, 4.69) is 11.8 Å². The number of likely N-dealkylation sites (tertiary alicyclic amines) is 1. The van der Waals surface area contributed by atoms with Crippen molar-refractivity contribution in [2.75, 3.05) is 13.1 Å². The molecule has 1 heterocycles. The van der Waals surface area contributed by atoms with Crippen LogP contribution in [0.25, 0.3) is 0 Å². The van der Waals surface area contributed by atoms with Gasteiger partial charge in [0.1, 0.15) is 0 Å². The standard InChI is InChI=1S/C10H19NO2/c1-8(10(12)13)7-11-6-4-3-5-9(11)2/h8-9H,3-7H2,1-2H3,(H,12,13)/t8-,9-/m0/s1. The van der Waals surface area contributed by atoms with E-state index in [0.717, 1.165) is 6.54 Å². The SMILES string of the molecule is C[C@@H](CN1CCCC[C@@H]1C)C(=O)O. The van der Waals surface area contributed by atoms with Crippen molar-refractivity contribution >= 4 is 5.97 Å². The molecule has 0 aromatic carbocycles. The number of hydrogen-bond acceptors (Lipinski definition) is 2. The van der Waals surface area contributed by atoms with Gasteiger partial charge in [-0.3, -0.25) is 9.69 Å². The van der Waals surface area contributed by atoms with Crippen LogP contribution in [0.15, 0.2) is 0 Å². The van der Waals surface area contributed by atoms with Gasteiger partial charge in [-0.05, 0) is 26.3 Å². The largest absolute Gasteiger partial charge is 0.481 e. The monoisotopic (exact) mass is 185 g/mol. The normalized spacial score (nSPS) is 27.1. The lowest BCUT2D eigenvalue weighted by molar-refractivity contribution is -0.142. The number of piperidine rings is 1. The molecule has 3 heteroatoms. The number of carbonyl (C=O) groups is 1. The number of hydrogen-bond donors (Lipinski definition) is 1. The first-order chi connectivity index (χ1) is 6.11. The second-order valence-electron chi connectivity index (χ2n) is 4.08. The highest BCUT2D eigenvalue weighted by Crippen LogP contribution is 2.17. The summed E-state index contributed by atoms with van der Waals surface area (Å²) in [5, 5.41) is 8.77. The quantitative estimate of drug-likeness (QED) is 0.725. The minimum atomic E-state index is -0.683. The molecule has 2 atom stereocenters. The third-order valence-electron chi connectivity index (χ3n) is 2.87. The van der Waals surface area contributed by atoms with E-state index < -0.39 is 5.97 Å². The van der Waals surface area contributed by atoms with Crippen molar-refractivity contribution in [2.45, 2.75) is 39.2 Å². The second-order valence-corrected chi connectivity index (χ2v) is 4.08. The summed E-state index contributed by atoms with van der Waals surface area (Å²) in [4.78, 5) is 12.9. The molecule has 1 aliphatic heterocycles. The Morgan fingerprint density at radius 1 is 1.62 bits per heavy atom. The van der Waals surface area contributed by atoms with Crippen LogP contribution in [0.1, 0.15) is 33.1 Å². The zero-order valence-corrected chi connectivity index (χ0v) is 8.49. The molecule has 1 saturated heterocycles. The van der Waals surface area contributed by atoms with Gasteiger partial charge in [-0.1, -0.05) is 13.3 Å². The van der Waals surface area contributed by atoms with Gasteiger partial charge >= 0.3 is 5.97 Å². The highest BCUT2D eigenvalue weighted by molar-refractivity contribution is 5.69. The zero-order valence-electron chi connectivity index (χ0n) is 8.49. The molecule has 0 aliphatic carbocycles. The van der Waals surface area contributed by atoms with Gasteiger partial charge in [0.25, 0.3) is 0 Å². The minimum absolute atomic E-state index is 0.236. The van der Waals surface area contributed by atoms with E-state index in [1.807, 2.05) is 0 Å². The summed E-state index contributed by atoms with van der Waals surface area (Å²) in [5.41, 5.74) is 0. The molecule has 0 radical (unpaired) electrons. The van der Waals surface area contributed by atoms with Crippen LogP contribution >= 0.6 is 0 Å². The van der Waals surface area contributed by atoms with Crippen LogP contribution in [0.3, 0.4) is 0 Å². The number of nitrogens with zero attached hydrogens (tertiary/aromatic N) is 1. The molecule has 1 aliphatic rings. The van der Waals surface area contributed by atoms with Crippen molar-refractivity contribution in [3.8, 4) is 0 Å². The van der Waals surface area contributed by atoms with E-state index in [9.17, 15) is 4.79 Å². The minimum Gasteiger partial charge on any atom is -0.481 e. The molecule has 3 nitrogen and oxygen atoms in total. The molecule has 1 rings (SSSR count). The molecule has 0 spiro atoms. The van der Waals surface area contributed by atoms with Crippen molar-refractivity contribution < 1.29 is 9.90 Å². The fourth-order valence-electron chi connectivity index (χ4n) is 1.86. The Morgan fingerprint density at radius 3 is 2.85 bits per heavy atom. The van der Waals surface area contributed by atoms with Crippen LogP contribution in [0.5, 0.6) is 0 Å². The molecule has 76 valence electrons. The number of carboxylic acid groups (broad SMARTS) is 1. The van der Waals surface area contributed by atoms with Crippen LogP contribution in [-0.2, 0) is 4.79 Å². The maximum Gasteiger partial charge on any atom is 0.307 e. The van der Waals surface area contributed by atoms with Crippen LogP contribution < -0.4 is 0 Å². The van der Waals surface area contributed by atoms with E-state index in [-0.39, 0.29) is 5.92 Å². The first-order valence-electron chi connectivity index (χ1n) is 5.08. The van der Waals surface area contributed by atoms with Crippen molar-refractivity contribution in [2.24, 2.45) is 5.92 Å². The fourth-order valence-corrected chi connectivity index (χ4v) is 1.86. The van der Waals surface area contributed by atoms with Crippen molar-refractivity contribution in [1.29, 1.82) is 0 Å². The summed E-state index contributed by atoms with van der Waals surface area (Å²) >= 11 is 0. The number of carboxylic acids is 1.